The summed E-state index contributed by atoms with van der Waals surface area (Å²) in [5.41, 5.74) is -0.0207. The molecule has 1 aliphatic rings. The van der Waals surface area contributed by atoms with Gasteiger partial charge in [-0.3, -0.25) is 4.79 Å². The Balaban J connectivity index is 0.00000220. The van der Waals surface area contributed by atoms with E-state index in [9.17, 15) is 13.2 Å². The summed E-state index contributed by atoms with van der Waals surface area (Å²) in [6.07, 6.45) is 2.88. The average Bonchev–Trinajstić information content (AvgIpc) is 2.39. The number of benzene rings is 1. The van der Waals surface area contributed by atoms with E-state index in [-0.39, 0.29) is 23.2 Å². The maximum absolute atomic E-state index is 12.3. The number of rotatable bonds is 3. The number of sulfonamides is 1. The van der Waals surface area contributed by atoms with E-state index in [1.54, 1.807) is 0 Å². The van der Waals surface area contributed by atoms with Crippen LogP contribution in [0, 0.1) is 0 Å². The van der Waals surface area contributed by atoms with Crippen molar-refractivity contribution in [2.45, 2.75) is 36.6 Å². The Morgan fingerprint density at radius 3 is 2.38 bits per heavy atom. The molecule has 118 valence electrons. The fourth-order valence-electron chi connectivity index (χ4n) is 2.25. The van der Waals surface area contributed by atoms with E-state index in [1.165, 1.54) is 24.3 Å². The van der Waals surface area contributed by atoms with Gasteiger partial charge < -0.3 is 10.6 Å². The molecule has 1 aromatic rings. The average molecular weight is 334 g/mol. The normalized spacial score (nSPS) is 22.2. The minimum atomic E-state index is -3.71. The first-order chi connectivity index (χ1) is 9.31. The predicted octanol–water partition coefficient (Wildman–Crippen LogP) is 1.23. The number of piperidine rings is 1. The smallest absolute Gasteiger partial charge is 0.244 e. The van der Waals surface area contributed by atoms with E-state index in [0.29, 0.717) is 5.69 Å². The molecule has 6 nitrogen and oxygen atoms in total. The lowest BCUT2D eigenvalue weighted by Gasteiger charge is -2.33. The first-order valence-corrected chi connectivity index (χ1v) is 8.05. The van der Waals surface area contributed by atoms with Gasteiger partial charge in [-0.15, -0.1) is 12.4 Å². The molecule has 0 bridgehead atoms. The van der Waals surface area contributed by atoms with Crippen molar-refractivity contribution in [3.05, 3.63) is 24.3 Å². The predicted molar refractivity (Wildman–Crippen MR) is 84.0 cm³/mol. The molecule has 1 unspecified atom stereocenters. The Morgan fingerprint density at radius 1 is 1.29 bits per heavy atom. The standard InChI is InChI=1S/C13H19N3O3S.ClH/c1-13(8-2-3-9-15-13)12(17)16-10-4-6-11(7-5-10)20(14,18)19;/h4-7,15H,2-3,8-9H2,1H3,(H,16,17)(H2,14,18,19);1H. The molecule has 1 heterocycles. The second kappa shape index (κ2) is 6.74. The molecular weight excluding hydrogens is 314 g/mol. The van der Waals surface area contributed by atoms with Crippen LogP contribution in [-0.2, 0) is 14.8 Å². The SMILES string of the molecule is CC1(C(=O)Nc2ccc(S(N)(=O)=O)cc2)CCCCN1.Cl. The topological polar surface area (TPSA) is 101 Å². The molecule has 21 heavy (non-hydrogen) atoms. The number of amides is 1. The summed E-state index contributed by atoms with van der Waals surface area (Å²) in [6.45, 7) is 2.70. The Labute approximate surface area is 130 Å². The summed E-state index contributed by atoms with van der Waals surface area (Å²) in [5.74, 6) is -0.111. The van der Waals surface area contributed by atoms with Gasteiger partial charge in [-0.05, 0) is 57.0 Å². The van der Waals surface area contributed by atoms with E-state index in [1.807, 2.05) is 6.92 Å². The fraction of sp³-hybridized carbons (Fsp3) is 0.462. The Morgan fingerprint density at radius 2 is 1.90 bits per heavy atom. The molecule has 1 aliphatic heterocycles. The van der Waals surface area contributed by atoms with Crippen LogP contribution < -0.4 is 15.8 Å². The van der Waals surface area contributed by atoms with Crippen LogP contribution in [0.15, 0.2) is 29.2 Å². The van der Waals surface area contributed by atoms with Gasteiger partial charge >= 0.3 is 0 Å². The zero-order valence-corrected chi connectivity index (χ0v) is 13.4. The van der Waals surface area contributed by atoms with Crippen molar-refractivity contribution in [2.75, 3.05) is 11.9 Å². The summed E-state index contributed by atoms with van der Waals surface area (Å²) in [4.78, 5) is 12.3. The Hall–Kier alpha value is -1.15. The lowest BCUT2D eigenvalue weighted by molar-refractivity contribution is -0.122. The number of nitrogens with one attached hydrogen (secondary N) is 2. The molecule has 8 heteroatoms. The van der Waals surface area contributed by atoms with E-state index >= 15 is 0 Å². The van der Waals surface area contributed by atoms with Crippen molar-refractivity contribution in [1.82, 2.24) is 5.32 Å². The number of hydrogen-bond donors (Lipinski definition) is 3. The van der Waals surface area contributed by atoms with E-state index in [2.05, 4.69) is 10.6 Å². The molecule has 4 N–H and O–H groups in total. The van der Waals surface area contributed by atoms with Gasteiger partial charge in [0.1, 0.15) is 0 Å². The first kappa shape index (κ1) is 17.9. The van der Waals surface area contributed by atoms with Gasteiger partial charge in [-0.25, -0.2) is 13.6 Å². The molecule has 2 rings (SSSR count). The first-order valence-electron chi connectivity index (χ1n) is 6.51. The van der Waals surface area contributed by atoms with Crippen molar-refractivity contribution in [3.63, 3.8) is 0 Å². The molecule has 1 atom stereocenters. The van der Waals surface area contributed by atoms with Crippen LogP contribution in [0.1, 0.15) is 26.2 Å². The van der Waals surface area contributed by atoms with Gasteiger partial charge in [-0.2, -0.15) is 0 Å². The summed E-state index contributed by atoms with van der Waals surface area (Å²) >= 11 is 0. The summed E-state index contributed by atoms with van der Waals surface area (Å²) < 4.78 is 22.3. The highest BCUT2D eigenvalue weighted by Gasteiger charge is 2.34. The van der Waals surface area contributed by atoms with Crippen LogP contribution in [0.3, 0.4) is 0 Å². The number of carbonyl (C=O) groups is 1. The van der Waals surface area contributed by atoms with Crippen LogP contribution >= 0.6 is 12.4 Å². The summed E-state index contributed by atoms with van der Waals surface area (Å²) in [6, 6.07) is 5.82. The van der Waals surface area contributed by atoms with E-state index in [4.69, 9.17) is 5.14 Å². The molecule has 0 aliphatic carbocycles. The lowest BCUT2D eigenvalue weighted by Crippen LogP contribution is -2.54. The largest absolute Gasteiger partial charge is 0.324 e. The highest BCUT2D eigenvalue weighted by Crippen LogP contribution is 2.21. The molecule has 1 fully saturated rings. The molecule has 1 aromatic carbocycles. The van der Waals surface area contributed by atoms with Crippen molar-refractivity contribution >= 4 is 34.0 Å². The molecule has 0 saturated carbocycles. The van der Waals surface area contributed by atoms with Crippen molar-refractivity contribution < 1.29 is 13.2 Å². The van der Waals surface area contributed by atoms with Crippen LogP contribution in [-0.4, -0.2) is 26.4 Å². The van der Waals surface area contributed by atoms with Gasteiger partial charge in [0.25, 0.3) is 0 Å². The zero-order chi connectivity index (χ0) is 14.8. The van der Waals surface area contributed by atoms with Gasteiger partial charge in [0.2, 0.25) is 15.9 Å². The monoisotopic (exact) mass is 333 g/mol. The van der Waals surface area contributed by atoms with Crippen LogP contribution in [0.25, 0.3) is 0 Å². The number of hydrogen-bond acceptors (Lipinski definition) is 4. The molecule has 0 aromatic heterocycles. The second-order valence-electron chi connectivity index (χ2n) is 5.24. The summed E-state index contributed by atoms with van der Waals surface area (Å²) in [5, 5.41) is 11.0. The highest BCUT2D eigenvalue weighted by molar-refractivity contribution is 7.89. The highest BCUT2D eigenvalue weighted by atomic mass is 35.5. The fourth-order valence-corrected chi connectivity index (χ4v) is 2.76. The maximum Gasteiger partial charge on any atom is 0.244 e. The van der Waals surface area contributed by atoms with Gasteiger partial charge in [-0.1, -0.05) is 0 Å². The van der Waals surface area contributed by atoms with Crippen molar-refractivity contribution in [1.29, 1.82) is 0 Å². The molecular formula is C13H20ClN3O3S. The molecule has 1 saturated heterocycles. The minimum Gasteiger partial charge on any atom is -0.324 e. The Bertz CT molecular complexity index is 596. The minimum absolute atomic E-state index is 0. The van der Waals surface area contributed by atoms with E-state index < -0.39 is 15.6 Å². The third kappa shape index (κ3) is 4.41. The van der Waals surface area contributed by atoms with Crippen LogP contribution in [0.5, 0.6) is 0 Å². The number of carbonyl (C=O) groups excluding carboxylic acids is 1. The lowest BCUT2D eigenvalue weighted by atomic mass is 9.90. The molecule has 0 spiro atoms. The van der Waals surface area contributed by atoms with Crippen LogP contribution in [0.2, 0.25) is 0 Å². The third-order valence-corrected chi connectivity index (χ3v) is 4.49. The van der Waals surface area contributed by atoms with Crippen molar-refractivity contribution in [2.24, 2.45) is 5.14 Å². The molecule has 1 amide bonds. The van der Waals surface area contributed by atoms with Gasteiger partial charge in [0.05, 0.1) is 10.4 Å². The second-order valence-corrected chi connectivity index (χ2v) is 6.80. The number of primary sulfonamides is 1. The van der Waals surface area contributed by atoms with Gasteiger partial charge in [0, 0.05) is 5.69 Å². The Kier molecular flexibility index (Phi) is 5.75. The zero-order valence-electron chi connectivity index (χ0n) is 11.8. The number of nitrogens with two attached hydrogens (primary N) is 1. The summed E-state index contributed by atoms with van der Waals surface area (Å²) in [7, 11) is -3.71. The maximum atomic E-state index is 12.3. The molecule has 0 radical (unpaired) electrons. The third-order valence-electron chi connectivity index (χ3n) is 3.56. The quantitative estimate of drug-likeness (QED) is 0.774. The van der Waals surface area contributed by atoms with Crippen molar-refractivity contribution in [3.8, 4) is 0 Å². The van der Waals surface area contributed by atoms with Crippen LogP contribution in [0.4, 0.5) is 5.69 Å². The number of halogens is 1. The number of anilines is 1. The van der Waals surface area contributed by atoms with E-state index in [0.717, 1.165) is 25.8 Å². The van der Waals surface area contributed by atoms with Gasteiger partial charge in [0.15, 0.2) is 0 Å².